The summed E-state index contributed by atoms with van der Waals surface area (Å²) in [4.78, 5) is 11.9. The number of halogens is 1. The van der Waals surface area contributed by atoms with Crippen LogP contribution in [0.3, 0.4) is 0 Å². The Morgan fingerprint density at radius 3 is 2.32 bits per heavy atom. The number of carbonyl (C=O) groups excluding carboxylic acids is 1. The van der Waals surface area contributed by atoms with Crippen molar-refractivity contribution in [2.45, 2.75) is 25.7 Å². The summed E-state index contributed by atoms with van der Waals surface area (Å²) in [6, 6.07) is 13.5. The van der Waals surface area contributed by atoms with Crippen LogP contribution in [-0.4, -0.2) is 26.7 Å². The molecular weight excluding hydrogens is 338 g/mol. The highest BCUT2D eigenvalue weighted by atomic mass is 35.5. The lowest BCUT2D eigenvalue weighted by Crippen LogP contribution is -2.25. The van der Waals surface area contributed by atoms with Crippen LogP contribution in [0, 0.1) is 0 Å². The molecule has 134 valence electrons. The first-order valence-corrected chi connectivity index (χ1v) is 8.72. The van der Waals surface area contributed by atoms with Crippen molar-refractivity contribution >= 4 is 17.5 Å². The zero-order valence-electron chi connectivity index (χ0n) is 14.7. The Labute approximate surface area is 154 Å². The van der Waals surface area contributed by atoms with Gasteiger partial charge in [-0.1, -0.05) is 29.8 Å². The highest BCUT2D eigenvalue weighted by molar-refractivity contribution is 6.30. The van der Waals surface area contributed by atoms with Gasteiger partial charge < -0.3 is 14.8 Å². The van der Waals surface area contributed by atoms with Crippen LogP contribution < -0.4 is 14.8 Å². The fraction of sp³-hybridized carbons (Fsp3) is 0.350. The number of carbonyl (C=O) groups is 1. The van der Waals surface area contributed by atoms with E-state index in [9.17, 15) is 4.79 Å². The van der Waals surface area contributed by atoms with E-state index in [1.807, 2.05) is 42.5 Å². The lowest BCUT2D eigenvalue weighted by atomic mass is 10.1. The van der Waals surface area contributed by atoms with Crippen LogP contribution in [0.25, 0.3) is 0 Å². The summed E-state index contributed by atoms with van der Waals surface area (Å²) in [5, 5.41) is 3.69. The van der Waals surface area contributed by atoms with E-state index in [0.29, 0.717) is 24.5 Å². The summed E-state index contributed by atoms with van der Waals surface area (Å²) in [7, 11) is 3.23. The maximum absolute atomic E-state index is 11.9. The number of rotatable bonds is 9. The van der Waals surface area contributed by atoms with Crippen LogP contribution in [0.2, 0.25) is 5.02 Å². The second-order valence-electron chi connectivity index (χ2n) is 5.77. The molecule has 0 aliphatic carbocycles. The Bertz CT molecular complexity index is 686. The van der Waals surface area contributed by atoms with Crippen molar-refractivity contribution in [3.8, 4) is 11.5 Å². The first kappa shape index (κ1) is 19.1. The zero-order chi connectivity index (χ0) is 18.1. The normalized spacial score (nSPS) is 10.4. The molecule has 2 aromatic rings. The predicted octanol–water partition coefficient (Wildman–Crippen LogP) is 4.04. The van der Waals surface area contributed by atoms with Crippen LogP contribution in [-0.2, 0) is 17.6 Å². The van der Waals surface area contributed by atoms with Gasteiger partial charge in [0.1, 0.15) is 0 Å². The van der Waals surface area contributed by atoms with E-state index in [-0.39, 0.29) is 5.91 Å². The van der Waals surface area contributed by atoms with Gasteiger partial charge in [-0.2, -0.15) is 0 Å². The molecule has 5 heteroatoms. The van der Waals surface area contributed by atoms with Gasteiger partial charge in [-0.25, -0.2) is 0 Å². The maximum Gasteiger partial charge on any atom is 0.220 e. The summed E-state index contributed by atoms with van der Waals surface area (Å²) in [6.07, 6.45) is 2.97. The fourth-order valence-electron chi connectivity index (χ4n) is 2.57. The number of nitrogens with one attached hydrogen (secondary N) is 1. The minimum absolute atomic E-state index is 0.0782. The lowest BCUT2D eigenvalue weighted by Gasteiger charge is -2.10. The molecule has 2 aromatic carbocycles. The molecule has 0 heterocycles. The van der Waals surface area contributed by atoms with E-state index in [1.165, 1.54) is 5.56 Å². The van der Waals surface area contributed by atoms with Gasteiger partial charge in [-0.15, -0.1) is 0 Å². The van der Waals surface area contributed by atoms with E-state index in [2.05, 4.69) is 5.32 Å². The third-order valence-electron chi connectivity index (χ3n) is 3.97. The van der Waals surface area contributed by atoms with E-state index in [1.54, 1.807) is 14.2 Å². The first-order valence-electron chi connectivity index (χ1n) is 8.34. The number of methoxy groups -OCH3 is 2. The zero-order valence-corrected chi connectivity index (χ0v) is 15.4. The smallest absolute Gasteiger partial charge is 0.220 e. The van der Waals surface area contributed by atoms with Crippen LogP contribution in [0.4, 0.5) is 0 Å². The average Bonchev–Trinajstić information content (AvgIpc) is 2.63. The van der Waals surface area contributed by atoms with Crippen molar-refractivity contribution in [1.82, 2.24) is 5.32 Å². The minimum Gasteiger partial charge on any atom is -0.493 e. The monoisotopic (exact) mass is 361 g/mol. The molecule has 0 bridgehead atoms. The second-order valence-corrected chi connectivity index (χ2v) is 6.21. The van der Waals surface area contributed by atoms with Gasteiger partial charge in [0.05, 0.1) is 14.2 Å². The number of benzene rings is 2. The van der Waals surface area contributed by atoms with Gasteiger partial charge in [0.2, 0.25) is 5.91 Å². The number of amides is 1. The SMILES string of the molecule is COc1ccc(CCNC(=O)CCCc2ccc(Cl)cc2)cc1OC. The molecule has 0 aliphatic rings. The van der Waals surface area contributed by atoms with E-state index < -0.39 is 0 Å². The number of aryl methyl sites for hydroxylation is 1. The topological polar surface area (TPSA) is 47.6 Å². The average molecular weight is 362 g/mol. The van der Waals surface area contributed by atoms with Crippen LogP contribution in [0.1, 0.15) is 24.0 Å². The van der Waals surface area contributed by atoms with Gasteiger partial charge in [0.25, 0.3) is 0 Å². The standard InChI is InChI=1S/C20H24ClNO3/c1-24-18-11-8-16(14-19(18)25-2)12-13-22-20(23)5-3-4-15-6-9-17(21)10-7-15/h6-11,14H,3-5,12-13H2,1-2H3,(H,22,23). The predicted molar refractivity (Wildman–Crippen MR) is 101 cm³/mol. The van der Waals surface area contributed by atoms with E-state index >= 15 is 0 Å². The molecule has 0 saturated heterocycles. The Morgan fingerprint density at radius 2 is 1.64 bits per heavy atom. The molecule has 0 aliphatic heterocycles. The van der Waals surface area contributed by atoms with Crippen molar-refractivity contribution in [2.75, 3.05) is 20.8 Å². The molecule has 0 saturated carbocycles. The highest BCUT2D eigenvalue weighted by Crippen LogP contribution is 2.27. The summed E-state index contributed by atoms with van der Waals surface area (Å²) in [5.74, 6) is 1.49. The van der Waals surface area contributed by atoms with Gasteiger partial charge in [-0.3, -0.25) is 4.79 Å². The van der Waals surface area contributed by atoms with Gasteiger partial charge in [-0.05, 0) is 54.7 Å². The van der Waals surface area contributed by atoms with E-state index in [0.717, 1.165) is 29.8 Å². The molecule has 4 nitrogen and oxygen atoms in total. The lowest BCUT2D eigenvalue weighted by molar-refractivity contribution is -0.121. The van der Waals surface area contributed by atoms with Crippen molar-refractivity contribution in [1.29, 1.82) is 0 Å². The van der Waals surface area contributed by atoms with Crippen LogP contribution in [0.15, 0.2) is 42.5 Å². The first-order chi connectivity index (χ1) is 12.1. The van der Waals surface area contributed by atoms with Gasteiger partial charge >= 0.3 is 0 Å². The van der Waals surface area contributed by atoms with Crippen molar-refractivity contribution in [3.63, 3.8) is 0 Å². The molecule has 0 spiro atoms. The van der Waals surface area contributed by atoms with Crippen molar-refractivity contribution < 1.29 is 14.3 Å². The molecule has 2 rings (SSSR count). The van der Waals surface area contributed by atoms with E-state index in [4.69, 9.17) is 21.1 Å². The quantitative estimate of drug-likeness (QED) is 0.733. The second kappa shape index (κ2) is 9.94. The molecule has 1 N–H and O–H groups in total. The Hall–Kier alpha value is -2.20. The molecule has 0 fully saturated rings. The fourth-order valence-corrected chi connectivity index (χ4v) is 2.70. The van der Waals surface area contributed by atoms with Crippen molar-refractivity contribution in [2.24, 2.45) is 0 Å². The number of hydrogen-bond acceptors (Lipinski definition) is 3. The molecule has 0 unspecified atom stereocenters. The molecule has 0 atom stereocenters. The van der Waals surface area contributed by atoms with Crippen LogP contribution in [0.5, 0.6) is 11.5 Å². The Balaban J connectivity index is 1.69. The Kier molecular flexibility index (Phi) is 7.61. The Morgan fingerprint density at radius 1 is 0.960 bits per heavy atom. The van der Waals surface area contributed by atoms with Crippen molar-refractivity contribution in [3.05, 3.63) is 58.6 Å². The third-order valence-corrected chi connectivity index (χ3v) is 4.22. The molecule has 0 aromatic heterocycles. The maximum atomic E-state index is 11.9. The van der Waals surface area contributed by atoms with Crippen LogP contribution >= 0.6 is 11.6 Å². The molecular formula is C20H24ClNO3. The van der Waals surface area contributed by atoms with Gasteiger partial charge in [0, 0.05) is 18.0 Å². The summed E-state index contributed by atoms with van der Waals surface area (Å²) in [6.45, 7) is 0.606. The number of ether oxygens (including phenoxy) is 2. The molecule has 1 amide bonds. The summed E-state index contributed by atoms with van der Waals surface area (Å²) in [5.41, 5.74) is 2.29. The third kappa shape index (κ3) is 6.31. The van der Waals surface area contributed by atoms with Gasteiger partial charge in [0.15, 0.2) is 11.5 Å². The largest absolute Gasteiger partial charge is 0.493 e. The highest BCUT2D eigenvalue weighted by Gasteiger charge is 2.06. The summed E-state index contributed by atoms with van der Waals surface area (Å²) < 4.78 is 10.5. The molecule has 0 radical (unpaired) electrons. The number of hydrogen-bond donors (Lipinski definition) is 1. The summed E-state index contributed by atoms with van der Waals surface area (Å²) >= 11 is 5.86. The molecule has 25 heavy (non-hydrogen) atoms. The minimum atomic E-state index is 0.0782.